The second kappa shape index (κ2) is 6.82. The Kier molecular flexibility index (Phi) is 6.58. The topological polar surface area (TPSA) is 63.6 Å². The van der Waals surface area contributed by atoms with Crippen molar-refractivity contribution in [2.24, 2.45) is 0 Å². The Morgan fingerprint density at radius 3 is 1.41 bits per heavy atom. The molecule has 0 radical (unpaired) electrons. The largest absolute Gasteiger partial charge is 0.438 e. The zero-order valence-corrected chi connectivity index (χ0v) is 13.7. The molecule has 0 rings (SSSR count). The Balaban J connectivity index is 6.47. The van der Waals surface area contributed by atoms with Crippen molar-refractivity contribution in [1.29, 1.82) is 0 Å². The molecule has 0 saturated carbocycles. The molecule has 0 aliphatic heterocycles. The average molecular weight is 454 g/mol. The summed E-state index contributed by atoms with van der Waals surface area (Å²) in [6.07, 6.45) is -9.15. The van der Waals surface area contributed by atoms with Gasteiger partial charge in [-0.1, -0.05) is 6.92 Å². The standard InChI is InChI=1S/C10H10F12O4S/c1-3-4(2)26-9(19,20)7(15,16)5(11,12)6(13,14)8(17,18)10(21,22)27(23,24)25/h4H,3H2,1-2H3,(H,23,24,25). The third kappa shape index (κ3) is 3.68. The van der Waals surface area contributed by atoms with Crippen LogP contribution >= 0.6 is 0 Å². The fraction of sp³-hybridized carbons (Fsp3) is 1.00. The van der Waals surface area contributed by atoms with Crippen LogP contribution in [0.4, 0.5) is 52.7 Å². The second-order valence-electron chi connectivity index (χ2n) is 5.14. The van der Waals surface area contributed by atoms with Gasteiger partial charge in [0.25, 0.3) is 0 Å². The lowest BCUT2D eigenvalue weighted by atomic mass is 9.97. The van der Waals surface area contributed by atoms with Crippen molar-refractivity contribution >= 4 is 10.1 Å². The zero-order valence-electron chi connectivity index (χ0n) is 12.9. The molecule has 1 N–H and O–H groups in total. The van der Waals surface area contributed by atoms with Gasteiger partial charge in [0.2, 0.25) is 0 Å². The van der Waals surface area contributed by atoms with Crippen LogP contribution in [-0.4, -0.2) is 54.1 Å². The SMILES string of the molecule is CCC(C)OC(F)(F)C(F)(F)C(F)(F)C(F)(F)C(F)(F)C(F)(F)S(=O)(=O)O. The Bertz CT molecular complexity index is 645. The molecule has 4 nitrogen and oxygen atoms in total. The van der Waals surface area contributed by atoms with Crippen molar-refractivity contribution in [2.75, 3.05) is 0 Å². The lowest BCUT2D eigenvalue weighted by molar-refractivity contribution is -0.457. The third-order valence-electron chi connectivity index (χ3n) is 3.16. The second-order valence-corrected chi connectivity index (χ2v) is 6.61. The van der Waals surface area contributed by atoms with Crippen LogP contribution in [0.25, 0.3) is 0 Å². The van der Waals surface area contributed by atoms with E-state index in [9.17, 15) is 61.1 Å². The lowest BCUT2D eigenvalue weighted by Gasteiger charge is -2.40. The molecule has 0 bridgehead atoms. The Morgan fingerprint density at radius 1 is 0.778 bits per heavy atom. The molecule has 164 valence electrons. The highest BCUT2D eigenvalue weighted by Crippen LogP contribution is 2.60. The minimum Gasteiger partial charge on any atom is -0.312 e. The number of alkyl halides is 12. The fourth-order valence-electron chi connectivity index (χ4n) is 1.33. The van der Waals surface area contributed by atoms with E-state index in [2.05, 4.69) is 4.74 Å². The van der Waals surface area contributed by atoms with Crippen LogP contribution in [0.15, 0.2) is 0 Å². The van der Waals surface area contributed by atoms with Crippen molar-refractivity contribution in [3.05, 3.63) is 0 Å². The molecular formula is C10H10F12O4S. The molecule has 27 heavy (non-hydrogen) atoms. The number of ether oxygens (including phenoxy) is 1. The van der Waals surface area contributed by atoms with E-state index in [-0.39, 0.29) is 0 Å². The summed E-state index contributed by atoms with van der Waals surface area (Å²) in [5, 5.41) is -7.45. The van der Waals surface area contributed by atoms with Crippen molar-refractivity contribution in [3.63, 3.8) is 0 Å². The van der Waals surface area contributed by atoms with Gasteiger partial charge in [-0.2, -0.15) is 61.1 Å². The molecule has 0 aliphatic carbocycles. The van der Waals surface area contributed by atoms with E-state index < -0.39 is 57.7 Å². The first-order chi connectivity index (χ1) is 11.5. The van der Waals surface area contributed by atoms with Gasteiger partial charge in [0, 0.05) is 0 Å². The molecule has 0 aromatic carbocycles. The van der Waals surface area contributed by atoms with Gasteiger partial charge in [-0.3, -0.25) is 4.55 Å². The van der Waals surface area contributed by atoms with Gasteiger partial charge in [0.1, 0.15) is 0 Å². The lowest BCUT2D eigenvalue weighted by Crippen LogP contribution is -2.72. The van der Waals surface area contributed by atoms with Crippen molar-refractivity contribution in [1.82, 2.24) is 0 Å². The summed E-state index contributed by atoms with van der Waals surface area (Å²) in [7, 11) is -7.57. The van der Waals surface area contributed by atoms with E-state index in [1.54, 1.807) is 0 Å². The Labute approximate surface area is 143 Å². The molecule has 0 saturated heterocycles. The normalized spacial score (nSPS) is 17.1. The molecule has 0 aliphatic rings. The summed E-state index contributed by atoms with van der Waals surface area (Å²) >= 11 is 0. The highest BCUT2D eigenvalue weighted by Gasteiger charge is 2.92. The van der Waals surface area contributed by atoms with E-state index in [0.717, 1.165) is 6.92 Å². The van der Waals surface area contributed by atoms with Crippen molar-refractivity contribution in [2.45, 2.75) is 61.4 Å². The highest BCUT2D eigenvalue weighted by molar-refractivity contribution is 7.87. The summed E-state index contributed by atoms with van der Waals surface area (Å²) in [4.78, 5) is 0. The number of halogens is 12. The van der Waals surface area contributed by atoms with Crippen LogP contribution in [0, 0.1) is 0 Å². The first kappa shape index (κ1) is 26.0. The molecule has 0 aromatic heterocycles. The zero-order chi connectivity index (χ0) is 22.5. The molecule has 0 fully saturated rings. The predicted octanol–water partition coefficient (Wildman–Crippen LogP) is 4.42. The van der Waals surface area contributed by atoms with Crippen LogP contribution in [0.2, 0.25) is 0 Å². The van der Waals surface area contributed by atoms with Crippen LogP contribution in [0.3, 0.4) is 0 Å². The molecule has 17 heteroatoms. The summed E-state index contributed by atoms with van der Waals surface area (Å²) < 4.78 is 189. The quantitative estimate of drug-likeness (QED) is 0.414. The minimum atomic E-state index is -8.11. The van der Waals surface area contributed by atoms with E-state index in [4.69, 9.17) is 4.55 Å². The van der Waals surface area contributed by atoms with E-state index in [1.807, 2.05) is 0 Å². The fourth-order valence-corrected chi connectivity index (χ4v) is 1.78. The summed E-state index contributed by atoms with van der Waals surface area (Å²) in [5.41, 5.74) is 0. The van der Waals surface area contributed by atoms with E-state index in [1.165, 1.54) is 0 Å². The molecule has 0 aromatic rings. The smallest absolute Gasteiger partial charge is 0.312 e. The van der Waals surface area contributed by atoms with Gasteiger partial charge >= 0.3 is 45.2 Å². The van der Waals surface area contributed by atoms with Gasteiger partial charge < -0.3 is 4.74 Å². The molecule has 0 heterocycles. The van der Waals surface area contributed by atoms with Crippen LogP contribution < -0.4 is 0 Å². The Hall–Kier alpha value is -0.970. The first-order valence-electron chi connectivity index (χ1n) is 6.37. The maximum atomic E-state index is 13.3. The van der Waals surface area contributed by atoms with Gasteiger partial charge in [-0.05, 0) is 13.3 Å². The molecule has 1 atom stereocenters. The van der Waals surface area contributed by atoms with Crippen LogP contribution in [-0.2, 0) is 14.9 Å². The van der Waals surface area contributed by atoms with Crippen molar-refractivity contribution < 1.29 is 70.4 Å². The van der Waals surface area contributed by atoms with Crippen molar-refractivity contribution in [3.8, 4) is 0 Å². The van der Waals surface area contributed by atoms with Gasteiger partial charge in [-0.15, -0.1) is 0 Å². The summed E-state index contributed by atoms with van der Waals surface area (Å²) in [5.74, 6) is -31.6. The van der Waals surface area contributed by atoms with Gasteiger partial charge in [-0.25, -0.2) is 0 Å². The maximum absolute atomic E-state index is 13.3. The Morgan fingerprint density at radius 2 is 1.11 bits per heavy atom. The highest BCUT2D eigenvalue weighted by atomic mass is 32.2. The predicted molar refractivity (Wildman–Crippen MR) is 62.1 cm³/mol. The van der Waals surface area contributed by atoms with Gasteiger partial charge in [0.15, 0.2) is 0 Å². The molecule has 1 unspecified atom stereocenters. The third-order valence-corrected chi connectivity index (χ3v) is 4.07. The number of hydrogen-bond donors (Lipinski definition) is 1. The van der Waals surface area contributed by atoms with Gasteiger partial charge in [0.05, 0.1) is 6.10 Å². The molecule has 0 spiro atoms. The summed E-state index contributed by atoms with van der Waals surface area (Å²) in [6.45, 7) is 1.55. The van der Waals surface area contributed by atoms with Crippen LogP contribution in [0.5, 0.6) is 0 Å². The monoisotopic (exact) mass is 454 g/mol. The number of rotatable bonds is 9. The van der Waals surface area contributed by atoms with E-state index >= 15 is 0 Å². The first-order valence-corrected chi connectivity index (χ1v) is 7.81. The maximum Gasteiger partial charge on any atom is 0.438 e. The van der Waals surface area contributed by atoms with E-state index in [0.29, 0.717) is 6.92 Å². The summed E-state index contributed by atoms with van der Waals surface area (Å²) in [6, 6.07) is 0. The molecular weight excluding hydrogens is 444 g/mol. The van der Waals surface area contributed by atoms with Crippen LogP contribution in [0.1, 0.15) is 20.3 Å². The molecule has 0 amide bonds. The minimum absolute atomic E-state index is 0.571. The average Bonchev–Trinajstić information content (AvgIpc) is 2.44. The number of hydrogen-bond acceptors (Lipinski definition) is 3.